The van der Waals surface area contributed by atoms with Gasteiger partial charge in [0.1, 0.15) is 4.67 Å². The molecular weight excluding hydrogens is 486 g/mol. The minimum atomic E-state index is -3.80. The maximum absolute atomic E-state index is 12.7. The number of anilines is 2. The van der Waals surface area contributed by atoms with E-state index >= 15 is 0 Å². The van der Waals surface area contributed by atoms with Crippen LogP contribution in [0, 0.1) is 13.8 Å². The lowest BCUT2D eigenvalue weighted by atomic mass is 9.89. The number of rotatable bonds is 4. The Bertz CT molecular complexity index is 1570. The van der Waals surface area contributed by atoms with E-state index in [1.54, 1.807) is 57.9 Å². The normalized spacial score (nSPS) is 14.8. The maximum atomic E-state index is 12.7. The van der Waals surface area contributed by atoms with Crippen molar-refractivity contribution in [2.75, 3.05) is 10.0 Å². The molecule has 1 aliphatic heterocycles. The molecule has 2 aromatic carbocycles. The number of hydrogen-bond donors (Lipinski definition) is 2. The van der Waals surface area contributed by atoms with E-state index in [9.17, 15) is 8.42 Å². The molecule has 0 amide bonds. The van der Waals surface area contributed by atoms with Gasteiger partial charge in [-0.05, 0) is 69.7 Å². The molecule has 10 heteroatoms. The van der Waals surface area contributed by atoms with Gasteiger partial charge >= 0.3 is 0 Å². The smallest absolute Gasteiger partial charge is 0.264 e. The second kappa shape index (κ2) is 8.30. The molecule has 0 fully saturated rings. The Morgan fingerprint density at radius 1 is 1.03 bits per heavy atom. The molecule has 1 aliphatic rings. The predicted molar refractivity (Wildman–Crippen MR) is 138 cm³/mol. The number of benzene rings is 2. The van der Waals surface area contributed by atoms with Crippen molar-refractivity contribution >= 4 is 48.0 Å². The molecule has 34 heavy (non-hydrogen) atoms. The third kappa shape index (κ3) is 4.24. The lowest BCUT2D eigenvalue weighted by Crippen LogP contribution is -2.31. The van der Waals surface area contributed by atoms with Crippen LogP contribution in [0.25, 0.3) is 11.1 Å². The fourth-order valence-electron chi connectivity index (χ4n) is 3.86. The van der Waals surface area contributed by atoms with Crippen molar-refractivity contribution in [3.63, 3.8) is 0 Å². The molecule has 7 nitrogen and oxygen atoms in total. The fourth-order valence-corrected chi connectivity index (χ4v) is 7.75. The van der Waals surface area contributed by atoms with Crippen molar-refractivity contribution in [1.29, 1.82) is 0 Å². The Balaban J connectivity index is 1.51. The lowest BCUT2D eigenvalue weighted by molar-refractivity contribution is 0.601. The summed E-state index contributed by atoms with van der Waals surface area (Å²) in [7, 11) is -0.451. The third-order valence-corrected chi connectivity index (χ3v) is 9.49. The van der Waals surface area contributed by atoms with Crippen molar-refractivity contribution in [1.82, 2.24) is 9.97 Å². The minimum Gasteiger partial charge on any atom is -0.375 e. The highest BCUT2D eigenvalue weighted by Gasteiger charge is 2.33. The first-order valence-corrected chi connectivity index (χ1v) is 14.3. The molecule has 2 aromatic heterocycles. The Hall–Kier alpha value is -3.08. The van der Waals surface area contributed by atoms with Crippen molar-refractivity contribution in [3.8, 4) is 11.1 Å². The quantitative estimate of drug-likeness (QED) is 0.350. The number of sulfonamides is 1. The first kappa shape index (κ1) is 22.7. The number of nitrogens with one attached hydrogen (secondary N) is 2. The van der Waals surface area contributed by atoms with Gasteiger partial charge in [-0.2, -0.15) is 0 Å². The molecule has 0 bridgehead atoms. The van der Waals surface area contributed by atoms with Crippen LogP contribution in [0.3, 0.4) is 0 Å². The maximum Gasteiger partial charge on any atom is 0.264 e. The van der Waals surface area contributed by atoms with Crippen molar-refractivity contribution in [3.05, 3.63) is 75.5 Å². The number of aromatic nitrogens is 2. The van der Waals surface area contributed by atoms with E-state index in [-0.39, 0.29) is 16.4 Å². The summed E-state index contributed by atoms with van der Waals surface area (Å²) in [6.45, 7) is 8.21. The van der Waals surface area contributed by atoms with Gasteiger partial charge < -0.3 is 5.32 Å². The van der Waals surface area contributed by atoms with Crippen molar-refractivity contribution in [2.24, 2.45) is 4.99 Å². The summed E-state index contributed by atoms with van der Waals surface area (Å²) in [5.41, 5.74) is 5.74. The molecule has 174 valence electrons. The molecule has 0 saturated heterocycles. The van der Waals surface area contributed by atoms with E-state index in [1.807, 2.05) is 0 Å². The van der Waals surface area contributed by atoms with Gasteiger partial charge in [-0.1, -0.05) is 32.8 Å². The Morgan fingerprint density at radius 2 is 1.79 bits per heavy atom. The fraction of sp³-hybridized carbons (Fsp3) is 0.208. The van der Waals surface area contributed by atoms with Gasteiger partial charge in [0, 0.05) is 28.7 Å². The van der Waals surface area contributed by atoms with Gasteiger partial charge in [-0.25, -0.2) is 28.1 Å². The molecule has 0 atom stereocenters. The third-order valence-electron chi connectivity index (χ3n) is 5.50. The number of nitrogens with zero attached hydrogens (tertiary/aromatic N) is 3. The molecular formula is C24H23N5O2S3. The topological polar surface area (TPSA) is 96.3 Å². The first-order valence-electron chi connectivity index (χ1n) is 10.6. The molecule has 4 aromatic rings. The largest absolute Gasteiger partial charge is 0.375 e. The molecule has 0 spiro atoms. The molecule has 0 saturated carbocycles. The second-order valence-electron chi connectivity index (χ2n) is 8.71. The van der Waals surface area contributed by atoms with E-state index in [1.165, 1.54) is 16.6 Å². The standard InChI is InChI=1S/C24H23N5O2S3/c1-14-5-10-18-19(13-14)28-24(3,4)21-20(18)22(33-32-21)27-16-6-8-17(9-7-16)34(30,31)29-23-25-12-11-15(2)26-23/h5-13,28H,1-4H3,(H,25,26,29). The highest BCUT2D eigenvalue weighted by Crippen LogP contribution is 2.45. The summed E-state index contributed by atoms with van der Waals surface area (Å²) >= 11 is 0. The summed E-state index contributed by atoms with van der Waals surface area (Å²) in [6.07, 6.45) is 1.52. The number of hydrogen-bond acceptors (Lipinski definition) is 8. The zero-order valence-corrected chi connectivity index (χ0v) is 21.5. The summed E-state index contributed by atoms with van der Waals surface area (Å²) in [6, 6.07) is 14.6. The lowest BCUT2D eigenvalue weighted by Gasteiger charge is -2.33. The number of fused-ring (bicyclic) bond motifs is 3. The highest BCUT2D eigenvalue weighted by molar-refractivity contribution is 7.92. The van der Waals surface area contributed by atoms with Gasteiger partial charge in [0.25, 0.3) is 10.0 Å². The van der Waals surface area contributed by atoms with Crippen LogP contribution in [-0.2, 0) is 15.6 Å². The molecule has 5 rings (SSSR count). The van der Waals surface area contributed by atoms with Gasteiger partial charge in [0.15, 0.2) is 0 Å². The first-order chi connectivity index (χ1) is 16.1. The van der Waals surface area contributed by atoms with Gasteiger partial charge in [-0.15, -0.1) is 0 Å². The molecule has 0 aliphatic carbocycles. The molecule has 3 heterocycles. The van der Waals surface area contributed by atoms with E-state index in [0.29, 0.717) is 11.4 Å². The van der Waals surface area contributed by atoms with Gasteiger partial charge in [0.2, 0.25) is 5.95 Å². The van der Waals surface area contributed by atoms with Crippen LogP contribution < -0.4 is 14.7 Å². The summed E-state index contributed by atoms with van der Waals surface area (Å²) in [4.78, 5) is 14.3. The zero-order chi connectivity index (χ0) is 24.1. The van der Waals surface area contributed by atoms with E-state index < -0.39 is 10.0 Å². The Morgan fingerprint density at radius 3 is 2.53 bits per heavy atom. The van der Waals surface area contributed by atoms with E-state index in [2.05, 4.69) is 59.0 Å². The van der Waals surface area contributed by atoms with Crippen LogP contribution in [0.2, 0.25) is 0 Å². The Labute approximate surface area is 205 Å². The average Bonchev–Trinajstić information content (AvgIpc) is 3.18. The summed E-state index contributed by atoms with van der Waals surface area (Å²) < 4.78 is 28.8. The van der Waals surface area contributed by atoms with E-state index in [4.69, 9.17) is 4.99 Å². The van der Waals surface area contributed by atoms with Crippen LogP contribution in [0.15, 0.2) is 64.6 Å². The SMILES string of the molecule is Cc1ccc2c(c1)NC(C)(C)c1ssc(=Nc3ccc(S(=O)(=O)Nc4nccc(C)n4)cc3)c1-2. The Kier molecular flexibility index (Phi) is 5.54. The van der Waals surface area contributed by atoms with Crippen molar-refractivity contribution in [2.45, 2.75) is 38.1 Å². The van der Waals surface area contributed by atoms with Crippen LogP contribution in [0.4, 0.5) is 17.3 Å². The molecule has 0 radical (unpaired) electrons. The monoisotopic (exact) mass is 509 g/mol. The number of aryl methyl sites for hydroxylation is 2. The van der Waals surface area contributed by atoms with Crippen LogP contribution >= 0.6 is 20.7 Å². The summed E-state index contributed by atoms with van der Waals surface area (Å²) in [5.74, 6) is 0.0468. The predicted octanol–water partition coefficient (Wildman–Crippen LogP) is 5.58. The summed E-state index contributed by atoms with van der Waals surface area (Å²) in [5, 5.41) is 3.65. The van der Waals surface area contributed by atoms with Gasteiger partial charge in [-0.3, -0.25) is 0 Å². The minimum absolute atomic E-state index is 0.0468. The zero-order valence-electron chi connectivity index (χ0n) is 19.1. The second-order valence-corrected chi connectivity index (χ2v) is 12.5. The van der Waals surface area contributed by atoms with Crippen molar-refractivity contribution < 1.29 is 8.42 Å². The van der Waals surface area contributed by atoms with Gasteiger partial charge in [0.05, 0.1) is 21.0 Å². The average molecular weight is 510 g/mol. The molecule has 0 unspecified atom stereocenters. The van der Waals surface area contributed by atoms with Crippen LogP contribution in [0.5, 0.6) is 0 Å². The molecule has 2 N–H and O–H groups in total. The highest BCUT2D eigenvalue weighted by atomic mass is 32.9. The van der Waals surface area contributed by atoms with E-state index in [0.717, 1.165) is 21.5 Å². The van der Waals surface area contributed by atoms with Crippen LogP contribution in [0.1, 0.15) is 30.0 Å². The van der Waals surface area contributed by atoms with Crippen LogP contribution in [-0.4, -0.2) is 18.4 Å².